The minimum atomic E-state index is -0.187. The smallest absolute Gasteiger partial charge is 0.217 e. The van der Waals surface area contributed by atoms with E-state index in [0.717, 1.165) is 38.4 Å². The highest BCUT2D eigenvalue weighted by Crippen LogP contribution is 2.36. The number of rotatable bonds is 5. The van der Waals surface area contributed by atoms with E-state index in [-0.39, 0.29) is 29.9 Å². The molecule has 2 aliphatic heterocycles. The summed E-state index contributed by atoms with van der Waals surface area (Å²) in [6.45, 7) is 5.32. The molecule has 0 aromatic heterocycles. The molecule has 0 bridgehead atoms. The molecule has 1 amide bonds. The van der Waals surface area contributed by atoms with Crippen molar-refractivity contribution >= 4 is 47.6 Å². The van der Waals surface area contributed by atoms with Crippen LogP contribution in [0.1, 0.15) is 44.9 Å². The molecule has 8 heteroatoms. The average molecular weight is 510 g/mol. The second-order valence-corrected chi connectivity index (χ2v) is 9.28. The Hall–Kier alpha value is -0.220. The van der Waals surface area contributed by atoms with E-state index in [9.17, 15) is 4.79 Å². The molecule has 0 aromatic carbocycles. The summed E-state index contributed by atoms with van der Waals surface area (Å²) < 4.78 is 0. The van der Waals surface area contributed by atoms with Crippen LogP contribution in [0.5, 0.6) is 0 Å². The Morgan fingerprint density at radius 3 is 2.56 bits per heavy atom. The fourth-order valence-electron chi connectivity index (χ4n) is 4.96. The largest absolute Gasteiger partial charge is 0.370 e. The fourth-order valence-corrected chi connectivity index (χ4v) is 5.86. The van der Waals surface area contributed by atoms with Crippen LogP contribution < -0.4 is 11.1 Å². The molecule has 6 nitrogen and oxygen atoms in total. The lowest BCUT2D eigenvalue weighted by Crippen LogP contribution is -2.58. The number of halogens is 1. The molecule has 3 aliphatic rings. The van der Waals surface area contributed by atoms with Gasteiger partial charge in [-0.15, -0.1) is 24.0 Å². The minimum absolute atomic E-state index is 0. The van der Waals surface area contributed by atoms with Crippen LogP contribution in [0.3, 0.4) is 0 Å². The summed E-state index contributed by atoms with van der Waals surface area (Å²) in [5.74, 6) is 3.69. The maximum atomic E-state index is 11.3. The first-order valence-corrected chi connectivity index (χ1v) is 11.4. The number of hydrogen-bond acceptors (Lipinski definition) is 4. The molecule has 3 N–H and O–H groups in total. The van der Waals surface area contributed by atoms with Gasteiger partial charge in [-0.1, -0.05) is 12.8 Å². The SMILES string of the molecule is CN=C(NCC1(N2CCSCC2)CCCC1)N1CCCC(CC(N)=O)C1.I. The highest BCUT2D eigenvalue weighted by atomic mass is 127. The van der Waals surface area contributed by atoms with Crippen molar-refractivity contribution in [3.8, 4) is 0 Å². The summed E-state index contributed by atoms with van der Waals surface area (Å²) in [5.41, 5.74) is 5.71. The Bertz CT molecular complexity index is 506. The molecule has 2 heterocycles. The van der Waals surface area contributed by atoms with E-state index in [1.807, 2.05) is 7.05 Å². The number of amides is 1. The summed E-state index contributed by atoms with van der Waals surface area (Å²) >= 11 is 2.08. The number of nitrogens with one attached hydrogen (secondary N) is 1. The van der Waals surface area contributed by atoms with E-state index in [4.69, 9.17) is 5.73 Å². The lowest BCUT2D eigenvalue weighted by Gasteiger charge is -2.44. The molecular weight excluding hydrogens is 473 g/mol. The highest BCUT2D eigenvalue weighted by molar-refractivity contribution is 14.0. The van der Waals surface area contributed by atoms with Gasteiger partial charge in [-0.3, -0.25) is 14.7 Å². The molecule has 0 aromatic rings. The molecule has 27 heavy (non-hydrogen) atoms. The monoisotopic (exact) mass is 509 g/mol. The number of thioether (sulfide) groups is 1. The molecule has 0 radical (unpaired) electrons. The van der Waals surface area contributed by atoms with Gasteiger partial charge in [-0.25, -0.2) is 0 Å². The van der Waals surface area contributed by atoms with Crippen LogP contribution in [0.25, 0.3) is 0 Å². The molecule has 1 saturated carbocycles. The highest BCUT2D eigenvalue weighted by Gasteiger charge is 2.40. The molecule has 3 rings (SSSR count). The van der Waals surface area contributed by atoms with E-state index in [1.54, 1.807) is 0 Å². The van der Waals surface area contributed by atoms with Gasteiger partial charge in [0.05, 0.1) is 0 Å². The van der Waals surface area contributed by atoms with E-state index in [0.29, 0.717) is 17.9 Å². The standard InChI is InChI=1S/C19H35N5OS.HI/c1-21-18(23-8-4-5-16(14-23)13-17(20)25)22-15-19(6-2-3-7-19)24-9-11-26-12-10-24;/h16H,2-15H2,1H3,(H2,20,25)(H,21,22);1H. The zero-order valence-electron chi connectivity index (χ0n) is 16.6. The Balaban J connectivity index is 0.00000261. The molecular formula is C19H36IN5OS. The van der Waals surface area contributed by atoms with E-state index >= 15 is 0 Å². The number of carbonyl (C=O) groups is 1. The van der Waals surface area contributed by atoms with Crippen molar-refractivity contribution in [2.24, 2.45) is 16.6 Å². The predicted molar refractivity (Wildman–Crippen MR) is 125 cm³/mol. The van der Waals surface area contributed by atoms with Gasteiger partial charge in [0.25, 0.3) is 0 Å². The molecule has 2 saturated heterocycles. The third-order valence-electron chi connectivity index (χ3n) is 6.31. The summed E-state index contributed by atoms with van der Waals surface area (Å²) in [7, 11) is 1.87. The van der Waals surface area contributed by atoms with Gasteiger partial charge < -0.3 is 16.0 Å². The normalized spacial score (nSPS) is 26.5. The predicted octanol–water partition coefficient (Wildman–Crippen LogP) is 2.13. The van der Waals surface area contributed by atoms with Gasteiger partial charge in [0.2, 0.25) is 5.91 Å². The number of carbonyl (C=O) groups excluding carboxylic acids is 1. The number of aliphatic imine (C=N–C) groups is 1. The van der Waals surface area contributed by atoms with Crippen LogP contribution >= 0.6 is 35.7 Å². The Kier molecular flexibility index (Phi) is 9.47. The first-order valence-electron chi connectivity index (χ1n) is 10.2. The lowest BCUT2D eigenvalue weighted by molar-refractivity contribution is -0.119. The van der Waals surface area contributed by atoms with Crippen LogP contribution in [-0.2, 0) is 4.79 Å². The third kappa shape index (κ3) is 6.13. The molecule has 1 atom stereocenters. The zero-order chi connectivity index (χ0) is 18.4. The van der Waals surface area contributed by atoms with Gasteiger partial charge in [0, 0.05) is 63.2 Å². The van der Waals surface area contributed by atoms with Crippen molar-refractivity contribution in [1.29, 1.82) is 0 Å². The maximum absolute atomic E-state index is 11.3. The summed E-state index contributed by atoms with van der Waals surface area (Å²) in [6.07, 6.45) is 7.96. The summed E-state index contributed by atoms with van der Waals surface area (Å²) in [5, 5.41) is 3.70. The van der Waals surface area contributed by atoms with Gasteiger partial charge in [0.1, 0.15) is 0 Å². The second-order valence-electron chi connectivity index (χ2n) is 8.06. The average Bonchev–Trinajstić information content (AvgIpc) is 3.13. The quantitative estimate of drug-likeness (QED) is 0.338. The van der Waals surface area contributed by atoms with Gasteiger partial charge in [0.15, 0.2) is 5.96 Å². The van der Waals surface area contributed by atoms with E-state index in [1.165, 1.54) is 50.3 Å². The van der Waals surface area contributed by atoms with Crippen LogP contribution in [0.2, 0.25) is 0 Å². The molecule has 1 unspecified atom stereocenters. The third-order valence-corrected chi connectivity index (χ3v) is 7.25. The van der Waals surface area contributed by atoms with Crippen molar-refractivity contribution in [3.05, 3.63) is 0 Å². The summed E-state index contributed by atoms with van der Waals surface area (Å²) in [6, 6.07) is 0. The molecule has 3 fully saturated rings. The topological polar surface area (TPSA) is 74.0 Å². The van der Waals surface area contributed by atoms with Crippen molar-refractivity contribution < 1.29 is 4.79 Å². The fraction of sp³-hybridized carbons (Fsp3) is 0.895. The van der Waals surface area contributed by atoms with Gasteiger partial charge >= 0.3 is 0 Å². The maximum Gasteiger partial charge on any atom is 0.217 e. The molecule has 0 spiro atoms. The van der Waals surface area contributed by atoms with Crippen LogP contribution in [0, 0.1) is 5.92 Å². The van der Waals surface area contributed by atoms with E-state index < -0.39 is 0 Å². The van der Waals surface area contributed by atoms with Crippen molar-refractivity contribution in [2.75, 3.05) is 51.3 Å². The second kappa shape index (κ2) is 11.1. The first-order chi connectivity index (χ1) is 12.6. The Morgan fingerprint density at radius 2 is 1.93 bits per heavy atom. The Morgan fingerprint density at radius 1 is 1.22 bits per heavy atom. The zero-order valence-corrected chi connectivity index (χ0v) is 19.8. The summed E-state index contributed by atoms with van der Waals surface area (Å²) in [4.78, 5) is 20.9. The van der Waals surface area contributed by atoms with Crippen LogP contribution in [-0.4, -0.2) is 78.5 Å². The van der Waals surface area contributed by atoms with Crippen molar-refractivity contribution in [2.45, 2.75) is 50.5 Å². The number of piperidine rings is 1. The Labute approximate surface area is 185 Å². The number of hydrogen-bond donors (Lipinski definition) is 2. The molecule has 1 aliphatic carbocycles. The van der Waals surface area contributed by atoms with Crippen LogP contribution in [0.15, 0.2) is 4.99 Å². The number of guanidine groups is 1. The first kappa shape index (κ1) is 23.1. The molecule has 156 valence electrons. The van der Waals surface area contributed by atoms with Gasteiger partial charge in [-0.2, -0.15) is 11.8 Å². The number of nitrogens with two attached hydrogens (primary N) is 1. The van der Waals surface area contributed by atoms with Gasteiger partial charge in [-0.05, 0) is 31.6 Å². The lowest BCUT2D eigenvalue weighted by atomic mass is 9.94. The van der Waals surface area contributed by atoms with Crippen LogP contribution in [0.4, 0.5) is 0 Å². The number of primary amides is 1. The van der Waals surface area contributed by atoms with Crippen molar-refractivity contribution in [3.63, 3.8) is 0 Å². The number of likely N-dealkylation sites (tertiary alicyclic amines) is 1. The van der Waals surface area contributed by atoms with Crippen molar-refractivity contribution in [1.82, 2.24) is 15.1 Å². The minimum Gasteiger partial charge on any atom is -0.370 e. The number of nitrogens with zero attached hydrogens (tertiary/aromatic N) is 3. The van der Waals surface area contributed by atoms with E-state index in [2.05, 4.69) is 31.9 Å².